The van der Waals surface area contributed by atoms with Gasteiger partial charge in [-0.3, -0.25) is 14.9 Å². The molecule has 4 amide bonds. The fraction of sp³-hybridized carbons (Fsp3) is 0.100. The molecule has 29 heavy (non-hydrogen) atoms. The zero-order chi connectivity index (χ0) is 21.0. The number of aromatic nitrogens is 1. The molecular weight excluding hydrogens is 390 g/mol. The normalized spacial score (nSPS) is 10.3. The molecule has 0 bridgehead atoms. The van der Waals surface area contributed by atoms with Crippen LogP contribution in [-0.2, 0) is 0 Å². The first-order valence-corrected chi connectivity index (χ1v) is 9.47. The smallest absolute Gasteiger partial charge is 0.325 e. The van der Waals surface area contributed by atoms with Crippen molar-refractivity contribution in [3.05, 3.63) is 70.2 Å². The van der Waals surface area contributed by atoms with Crippen LogP contribution in [0.2, 0.25) is 0 Å². The second-order valence-electron chi connectivity index (χ2n) is 6.24. The Morgan fingerprint density at radius 3 is 2.31 bits per heavy atom. The Kier molecular flexibility index (Phi) is 5.89. The Hall–Kier alpha value is -3.72. The molecule has 0 saturated carbocycles. The summed E-state index contributed by atoms with van der Waals surface area (Å²) in [5.41, 5.74) is 8.03. The van der Waals surface area contributed by atoms with E-state index in [-0.39, 0.29) is 10.7 Å². The Bertz CT molecular complexity index is 1080. The van der Waals surface area contributed by atoms with Gasteiger partial charge in [0.2, 0.25) is 0 Å². The molecular formula is C20H19N5O3S. The maximum Gasteiger partial charge on any atom is 0.325 e. The maximum absolute atomic E-state index is 12.6. The van der Waals surface area contributed by atoms with Gasteiger partial charge in [0.25, 0.3) is 11.8 Å². The van der Waals surface area contributed by atoms with E-state index in [0.717, 1.165) is 16.9 Å². The second-order valence-corrected chi connectivity index (χ2v) is 7.24. The number of amides is 4. The first-order valence-electron chi connectivity index (χ1n) is 8.66. The number of benzene rings is 2. The lowest BCUT2D eigenvalue weighted by Crippen LogP contribution is -2.19. The number of hydrogen-bond donors (Lipinski definition) is 4. The first-order chi connectivity index (χ1) is 13.8. The van der Waals surface area contributed by atoms with Gasteiger partial charge in [-0.25, -0.2) is 9.78 Å². The van der Waals surface area contributed by atoms with E-state index in [1.54, 1.807) is 37.3 Å². The van der Waals surface area contributed by atoms with Crippen molar-refractivity contribution >= 4 is 45.7 Å². The van der Waals surface area contributed by atoms with Crippen LogP contribution in [0.15, 0.2) is 48.5 Å². The van der Waals surface area contributed by atoms with Gasteiger partial charge in [-0.15, -0.1) is 0 Å². The number of nitrogens with zero attached hydrogens (tertiary/aromatic N) is 1. The lowest BCUT2D eigenvalue weighted by atomic mass is 10.1. The summed E-state index contributed by atoms with van der Waals surface area (Å²) < 4.78 is 0. The number of rotatable bonds is 5. The first kappa shape index (κ1) is 20.0. The van der Waals surface area contributed by atoms with E-state index in [4.69, 9.17) is 5.73 Å². The second kappa shape index (κ2) is 8.53. The highest BCUT2D eigenvalue weighted by atomic mass is 32.1. The van der Waals surface area contributed by atoms with Crippen molar-refractivity contribution in [1.82, 2.24) is 4.98 Å². The van der Waals surface area contributed by atoms with Gasteiger partial charge in [-0.1, -0.05) is 41.2 Å². The predicted octanol–water partition coefficient (Wildman–Crippen LogP) is 3.76. The SMILES string of the molecule is Cc1ccc(NC(=O)Nc2nc(C)c(C(=O)Nc3ccccc3C(N)=O)s2)cc1. The molecule has 0 spiro atoms. The Balaban J connectivity index is 1.69. The van der Waals surface area contributed by atoms with Crippen molar-refractivity contribution in [1.29, 1.82) is 0 Å². The molecule has 1 heterocycles. The van der Waals surface area contributed by atoms with E-state index in [1.165, 1.54) is 6.07 Å². The number of hydrogen-bond acceptors (Lipinski definition) is 5. The summed E-state index contributed by atoms with van der Waals surface area (Å²) in [4.78, 5) is 40.8. The number of thiazole rings is 1. The average Bonchev–Trinajstić information content (AvgIpc) is 3.04. The van der Waals surface area contributed by atoms with Crippen LogP contribution in [-0.4, -0.2) is 22.8 Å². The largest absolute Gasteiger partial charge is 0.366 e. The number of carbonyl (C=O) groups excluding carboxylic acids is 3. The molecule has 0 atom stereocenters. The summed E-state index contributed by atoms with van der Waals surface area (Å²) in [6, 6.07) is 13.3. The summed E-state index contributed by atoms with van der Waals surface area (Å²) in [5, 5.41) is 8.26. The highest BCUT2D eigenvalue weighted by Gasteiger charge is 2.18. The number of para-hydroxylation sites is 1. The minimum atomic E-state index is -0.642. The lowest BCUT2D eigenvalue weighted by Gasteiger charge is -2.07. The Labute approximate surface area is 171 Å². The zero-order valence-electron chi connectivity index (χ0n) is 15.8. The summed E-state index contributed by atoms with van der Waals surface area (Å²) in [5.74, 6) is -1.09. The molecule has 0 unspecified atom stereocenters. The molecule has 9 heteroatoms. The molecule has 5 N–H and O–H groups in total. The van der Waals surface area contributed by atoms with Gasteiger partial charge in [0.15, 0.2) is 5.13 Å². The van der Waals surface area contributed by atoms with Crippen LogP contribution in [0, 0.1) is 13.8 Å². The summed E-state index contributed by atoms with van der Waals surface area (Å²) in [6.45, 7) is 3.62. The summed E-state index contributed by atoms with van der Waals surface area (Å²) >= 11 is 1.03. The van der Waals surface area contributed by atoms with Crippen molar-refractivity contribution in [2.75, 3.05) is 16.0 Å². The highest BCUT2D eigenvalue weighted by Crippen LogP contribution is 2.25. The number of primary amides is 1. The number of aryl methyl sites for hydroxylation is 2. The van der Waals surface area contributed by atoms with Crippen LogP contribution in [0.1, 0.15) is 31.3 Å². The lowest BCUT2D eigenvalue weighted by molar-refractivity contribution is 0.100. The molecule has 0 aliphatic rings. The summed E-state index contributed by atoms with van der Waals surface area (Å²) in [6.07, 6.45) is 0. The summed E-state index contributed by atoms with van der Waals surface area (Å²) in [7, 11) is 0. The van der Waals surface area contributed by atoms with Gasteiger partial charge in [-0.05, 0) is 38.1 Å². The quantitative estimate of drug-likeness (QED) is 0.512. The molecule has 0 radical (unpaired) electrons. The van der Waals surface area contributed by atoms with E-state index in [2.05, 4.69) is 20.9 Å². The van der Waals surface area contributed by atoms with Crippen LogP contribution < -0.4 is 21.7 Å². The maximum atomic E-state index is 12.6. The minimum absolute atomic E-state index is 0.207. The highest BCUT2D eigenvalue weighted by molar-refractivity contribution is 7.17. The molecule has 1 aromatic heterocycles. The number of urea groups is 1. The van der Waals surface area contributed by atoms with Crippen molar-refractivity contribution in [2.45, 2.75) is 13.8 Å². The van der Waals surface area contributed by atoms with Gasteiger partial charge in [-0.2, -0.15) is 0 Å². The number of nitrogens with two attached hydrogens (primary N) is 1. The third-order valence-electron chi connectivity index (χ3n) is 3.97. The standard InChI is InChI=1S/C20H19N5O3S/c1-11-7-9-13(10-8-11)23-19(28)25-20-22-12(2)16(29-20)18(27)24-15-6-4-3-5-14(15)17(21)26/h3-10H,1-2H3,(H2,21,26)(H,24,27)(H2,22,23,25,28). The van der Waals surface area contributed by atoms with Crippen LogP contribution >= 0.6 is 11.3 Å². The minimum Gasteiger partial charge on any atom is -0.366 e. The van der Waals surface area contributed by atoms with E-state index >= 15 is 0 Å². The third kappa shape index (κ3) is 4.96. The van der Waals surface area contributed by atoms with Crippen LogP contribution in [0.4, 0.5) is 21.3 Å². The van der Waals surface area contributed by atoms with Gasteiger partial charge in [0.05, 0.1) is 16.9 Å². The van der Waals surface area contributed by atoms with Crippen LogP contribution in [0.3, 0.4) is 0 Å². The fourth-order valence-electron chi connectivity index (χ4n) is 2.54. The van der Waals surface area contributed by atoms with Gasteiger partial charge >= 0.3 is 6.03 Å². The fourth-order valence-corrected chi connectivity index (χ4v) is 3.40. The van der Waals surface area contributed by atoms with E-state index < -0.39 is 17.8 Å². The average molecular weight is 409 g/mol. The molecule has 0 aliphatic carbocycles. The van der Waals surface area contributed by atoms with Crippen LogP contribution in [0.25, 0.3) is 0 Å². The Morgan fingerprint density at radius 1 is 0.931 bits per heavy atom. The molecule has 0 saturated heterocycles. The van der Waals surface area contributed by atoms with Gasteiger partial charge in [0, 0.05) is 5.69 Å². The van der Waals surface area contributed by atoms with Crippen molar-refractivity contribution in [3.8, 4) is 0 Å². The molecule has 0 fully saturated rings. The van der Waals surface area contributed by atoms with E-state index in [1.807, 2.05) is 19.1 Å². The molecule has 2 aromatic carbocycles. The topological polar surface area (TPSA) is 126 Å². The monoisotopic (exact) mass is 409 g/mol. The predicted molar refractivity (Wildman–Crippen MR) is 114 cm³/mol. The molecule has 8 nitrogen and oxygen atoms in total. The van der Waals surface area contributed by atoms with Gasteiger partial charge in [0.1, 0.15) is 4.88 Å². The molecule has 148 valence electrons. The van der Waals surface area contributed by atoms with E-state index in [0.29, 0.717) is 21.9 Å². The van der Waals surface area contributed by atoms with E-state index in [9.17, 15) is 14.4 Å². The number of carbonyl (C=O) groups is 3. The number of nitrogens with one attached hydrogen (secondary N) is 3. The van der Waals surface area contributed by atoms with Crippen molar-refractivity contribution in [2.24, 2.45) is 5.73 Å². The number of anilines is 3. The molecule has 0 aliphatic heterocycles. The van der Waals surface area contributed by atoms with Crippen molar-refractivity contribution < 1.29 is 14.4 Å². The van der Waals surface area contributed by atoms with Crippen molar-refractivity contribution in [3.63, 3.8) is 0 Å². The van der Waals surface area contributed by atoms with Gasteiger partial charge < -0.3 is 16.4 Å². The Morgan fingerprint density at radius 2 is 1.62 bits per heavy atom. The molecule has 3 aromatic rings. The third-order valence-corrected chi connectivity index (χ3v) is 5.05. The zero-order valence-corrected chi connectivity index (χ0v) is 16.6. The molecule has 3 rings (SSSR count). The van der Waals surface area contributed by atoms with Crippen LogP contribution in [0.5, 0.6) is 0 Å².